The van der Waals surface area contributed by atoms with Crippen molar-refractivity contribution in [3.63, 3.8) is 0 Å². The number of benzene rings is 2. The van der Waals surface area contributed by atoms with Crippen LogP contribution in [0.25, 0.3) is 5.57 Å². The molecule has 1 saturated heterocycles. The van der Waals surface area contributed by atoms with Gasteiger partial charge in [-0.3, -0.25) is 0 Å². The summed E-state index contributed by atoms with van der Waals surface area (Å²) >= 11 is 0. The molecule has 6 heteroatoms. The number of rotatable bonds is 7. The Morgan fingerprint density at radius 1 is 1.11 bits per heavy atom. The molecule has 3 rings (SSSR count). The fraction of sp³-hybridized carbons (Fsp3) is 0.318. The highest BCUT2D eigenvalue weighted by atomic mass is 16.7. The number of methoxy groups -OCH3 is 2. The summed E-state index contributed by atoms with van der Waals surface area (Å²) in [5, 5.41) is 0. The molecule has 0 unspecified atom stereocenters. The van der Waals surface area contributed by atoms with Gasteiger partial charge in [-0.25, -0.2) is 4.79 Å². The predicted molar refractivity (Wildman–Crippen MR) is 103 cm³/mol. The van der Waals surface area contributed by atoms with E-state index in [1.807, 2.05) is 48.5 Å². The van der Waals surface area contributed by atoms with Gasteiger partial charge in [0.15, 0.2) is 6.29 Å². The lowest BCUT2D eigenvalue weighted by molar-refractivity contribution is -0.183. The zero-order valence-electron chi connectivity index (χ0n) is 16.1. The Balaban J connectivity index is 1.76. The Bertz CT molecular complexity index is 823. The molecule has 0 N–H and O–H groups in total. The van der Waals surface area contributed by atoms with E-state index in [1.54, 1.807) is 0 Å². The lowest BCUT2D eigenvalue weighted by Crippen LogP contribution is -2.17. The van der Waals surface area contributed by atoms with E-state index < -0.39 is 5.97 Å². The molecule has 1 aliphatic rings. The van der Waals surface area contributed by atoms with Gasteiger partial charge >= 0.3 is 5.97 Å². The first-order chi connectivity index (χ1) is 13.7. The molecule has 2 aromatic rings. The summed E-state index contributed by atoms with van der Waals surface area (Å²) in [5.41, 5.74) is 2.79. The van der Waals surface area contributed by atoms with E-state index in [9.17, 15) is 4.79 Å². The maximum absolute atomic E-state index is 12.1. The summed E-state index contributed by atoms with van der Waals surface area (Å²) in [4.78, 5) is 12.1. The van der Waals surface area contributed by atoms with Crippen LogP contribution in [0, 0.1) is 0 Å². The summed E-state index contributed by atoms with van der Waals surface area (Å²) in [6.07, 6.45) is 1.92. The molecule has 1 heterocycles. The van der Waals surface area contributed by atoms with Crippen LogP contribution in [0.4, 0.5) is 0 Å². The van der Waals surface area contributed by atoms with Crippen molar-refractivity contribution in [2.75, 3.05) is 27.4 Å². The molecule has 6 nitrogen and oxygen atoms in total. The molecule has 1 aliphatic heterocycles. The van der Waals surface area contributed by atoms with Crippen LogP contribution in [0.3, 0.4) is 0 Å². The molecule has 0 saturated carbocycles. The van der Waals surface area contributed by atoms with Crippen LogP contribution in [0.15, 0.2) is 54.8 Å². The Labute approximate surface area is 164 Å². The monoisotopic (exact) mass is 384 g/mol. The van der Waals surface area contributed by atoms with E-state index in [-0.39, 0.29) is 12.9 Å². The van der Waals surface area contributed by atoms with Crippen molar-refractivity contribution < 1.29 is 28.5 Å². The van der Waals surface area contributed by atoms with Crippen molar-refractivity contribution in [2.24, 2.45) is 0 Å². The number of esters is 1. The number of hydrogen-bond donors (Lipinski definition) is 0. The highest BCUT2D eigenvalue weighted by molar-refractivity contribution is 6.16. The normalized spacial score (nSPS) is 15.1. The second-order valence-electron chi connectivity index (χ2n) is 6.20. The number of ether oxygens (including phenoxy) is 5. The molecule has 0 radical (unpaired) electrons. The van der Waals surface area contributed by atoms with Crippen LogP contribution in [-0.4, -0.2) is 33.4 Å². The topological polar surface area (TPSA) is 63.2 Å². The van der Waals surface area contributed by atoms with Crippen LogP contribution < -0.4 is 4.74 Å². The molecule has 0 amide bonds. The molecule has 0 aromatic heterocycles. The molecule has 148 valence electrons. The van der Waals surface area contributed by atoms with Crippen LogP contribution >= 0.6 is 0 Å². The van der Waals surface area contributed by atoms with Gasteiger partial charge in [-0.15, -0.1) is 0 Å². The highest BCUT2D eigenvalue weighted by Gasteiger charge is 2.18. The second kappa shape index (κ2) is 9.92. The van der Waals surface area contributed by atoms with Crippen molar-refractivity contribution in [3.8, 4) is 5.75 Å². The number of carbonyl (C=O) groups excluding carboxylic acids is 1. The van der Waals surface area contributed by atoms with Gasteiger partial charge in [-0.2, -0.15) is 0 Å². The van der Waals surface area contributed by atoms with Gasteiger partial charge in [0.25, 0.3) is 0 Å². The van der Waals surface area contributed by atoms with E-state index >= 15 is 0 Å². The highest BCUT2D eigenvalue weighted by Crippen LogP contribution is 2.27. The first-order valence-corrected chi connectivity index (χ1v) is 9.08. The minimum absolute atomic E-state index is 0.282. The summed E-state index contributed by atoms with van der Waals surface area (Å²) in [7, 11) is 2.83. The minimum Gasteiger partial charge on any atom is -0.503 e. The fourth-order valence-corrected chi connectivity index (χ4v) is 2.95. The third kappa shape index (κ3) is 4.91. The molecule has 0 bridgehead atoms. The van der Waals surface area contributed by atoms with E-state index in [0.717, 1.165) is 17.5 Å². The van der Waals surface area contributed by atoms with Crippen LogP contribution in [-0.2, 0) is 30.3 Å². The fourth-order valence-electron chi connectivity index (χ4n) is 2.95. The molecule has 28 heavy (non-hydrogen) atoms. The molecule has 2 aromatic carbocycles. The Hall–Kier alpha value is -2.83. The smallest absolute Gasteiger partial charge is 0.341 e. The zero-order chi connectivity index (χ0) is 19.8. The van der Waals surface area contributed by atoms with Gasteiger partial charge in [-0.1, -0.05) is 36.4 Å². The zero-order valence-corrected chi connectivity index (χ0v) is 16.1. The molecule has 0 spiro atoms. The van der Waals surface area contributed by atoms with Gasteiger partial charge in [0.1, 0.15) is 17.9 Å². The average molecular weight is 384 g/mol. The van der Waals surface area contributed by atoms with Crippen LogP contribution in [0.1, 0.15) is 29.4 Å². The quantitative estimate of drug-likeness (QED) is 0.410. The van der Waals surface area contributed by atoms with E-state index in [1.165, 1.54) is 20.5 Å². The van der Waals surface area contributed by atoms with Crippen molar-refractivity contribution in [3.05, 3.63) is 71.5 Å². The van der Waals surface area contributed by atoms with Crippen molar-refractivity contribution in [2.45, 2.75) is 19.3 Å². The van der Waals surface area contributed by atoms with E-state index in [4.69, 9.17) is 23.7 Å². The maximum atomic E-state index is 12.1. The largest absolute Gasteiger partial charge is 0.503 e. The average Bonchev–Trinajstić information content (AvgIpc) is 2.76. The summed E-state index contributed by atoms with van der Waals surface area (Å²) < 4.78 is 27.2. The lowest BCUT2D eigenvalue weighted by atomic mass is 10.0. The first kappa shape index (κ1) is 19.9. The van der Waals surface area contributed by atoms with Gasteiger partial charge in [0.05, 0.1) is 33.7 Å². The van der Waals surface area contributed by atoms with E-state index in [0.29, 0.717) is 30.1 Å². The summed E-state index contributed by atoms with van der Waals surface area (Å²) in [5.74, 6) is 0.225. The number of hydrogen-bond acceptors (Lipinski definition) is 6. The SMILES string of the molecule is COC=C(C(=O)OC)c1ccccc1COc1cccc(C2OCCCO2)c1. The molecule has 0 atom stereocenters. The van der Waals surface area contributed by atoms with Gasteiger partial charge in [0, 0.05) is 5.56 Å². The summed E-state index contributed by atoms with van der Waals surface area (Å²) in [6, 6.07) is 15.1. The Morgan fingerprint density at radius 2 is 1.89 bits per heavy atom. The van der Waals surface area contributed by atoms with Crippen molar-refractivity contribution in [1.29, 1.82) is 0 Å². The molecule has 1 fully saturated rings. The van der Waals surface area contributed by atoms with Crippen molar-refractivity contribution in [1.82, 2.24) is 0 Å². The lowest BCUT2D eigenvalue weighted by Gasteiger charge is -2.23. The second-order valence-corrected chi connectivity index (χ2v) is 6.20. The number of carbonyl (C=O) groups is 1. The van der Waals surface area contributed by atoms with E-state index in [2.05, 4.69) is 0 Å². The Morgan fingerprint density at radius 3 is 2.64 bits per heavy atom. The minimum atomic E-state index is -0.470. The summed E-state index contributed by atoms with van der Waals surface area (Å²) in [6.45, 7) is 1.65. The van der Waals surface area contributed by atoms with Gasteiger partial charge in [-0.05, 0) is 29.7 Å². The molecular weight excluding hydrogens is 360 g/mol. The van der Waals surface area contributed by atoms with Crippen molar-refractivity contribution >= 4 is 11.5 Å². The molecule has 0 aliphatic carbocycles. The van der Waals surface area contributed by atoms with Gasteiger partial charge < -0.3 is 23.7 Å². The Kier molecular flexibility index (Phi) is 7.06. The van der Waals surface area contributed by atoms with Crippen LogP contribution in [0.2, 0.25) is 0 Å². The van der Waals surface area contributed by atoms with Gasteiger partial charge in [0.2, 0.25) is 0 Å². The van der Waals surface area contributed by atoms with Crippen LogP contribution in [0.5, 0.6) is 5.75 Å². The standard InChI is InChI=1S/C22H24O6/c1-24-15-20(21(23)25-2)19-10-4-3-7-17(19)14-28-18-9-5-8-16(13-18)22-26-11-6-12-27-22/h3-5,7-10,13,15,22H,6,11-12,14H2,1-2H3. The first-order valence-electron chi connectivity index (χ1n) is 9.08. The molecular formula is C22H24O6. The third-order valence-electron chi connectivity index (χ3n) is 4.30. The maximum Gasteiger partial charge on any atom is 0.341 e. The predicted octanol–water partition coefficient (Wildman–Crippen LogP) is 3.86. The third-order valence-corrected chi connectivity index (χ3v) is 4.30.